The van der Waals surface area contributed by atoms with Gasteiger partial charge in [-0.25, -0.2) is 4.79 Å². The standard InChI is InChI=1S/C25H27N3O5/c1-32-17-9-10-21(33-2)18(14-17)20-8-5-13-27(20)22(29)15-28-23(30)25(26-24(28)31)12-11-16-6-3-4-7-19(16)25/h3-4,6-7,9-10,14,20H,5,8,11-13,15H2,1-2H3,(H,26,31)/t20-,25+/m1/s1. The predicted molar refractivity (Wildman–Crippen MR) is 120 cm³/mol. The Bertz CT molecular complexity index is 1130. The highest BCUT2D eigenvalue weighted by atomic mass is 16.5. The first kappa shape index (κ1) is 21.3. The third-order valence-electron chi connectivity index (χ3n) is 7.08. The Kier molecular flexibility index (Phi) is 5.23. The second-order valence-corrected chi connectivity index (χ2v) is 8.74. The number of urea groups is 1. The number of likely N-dealkylation sites (tertiary alicyclic amines) is 1. The Morgan fingerprint density at radius 1 is 1.15 bits per heavy atom. The zero-order valence-electron chi connectivity index (χ0n) is 18.8. The Labute approximate surface area is 192 Å². The lowest BCUT2D eigenvalue weighted by Gasteiger charge is -2.28. The number of rotatable bonds is 5. The van der Waals surface area contributed by atoms with Gasteiger partial charge in [0.15, 0.2) is 0 Å². The van der Waals surface area contributed by atoms with Gasteiger partial charge in [-0.2, -0.15) is 0 Å². The number of nitrogens with zero attached hydrogens (tertiary/aromatic N) is 2. The predicted octanol–water partition coefficient (Wildman–Crippen LogP) is 2.76. The molecule has 0 unspecified atom stereocenters. The summed E-state index contributed by atoms with van der Waals surface area (Å²) in [5.41, 5.74) is 1.69. The zero-order chi connectivity index (χ0) is 23.2. The van der Waals surface area contributed by atoms with Crippen molar-refractivity contribution >= 4 is 17.8 Å². The van der Waals surface area contributed by atoms with Gasteiger partial charge in [-0.1, -0.05) is 24.3 Å². The molecular weight excluding hydrogens is 422 g/mol. The van der Waals surface area contributed by atoms with Gasteiger partial charge in [0.2, 0.25) is 5.91 Å². The van der Waals surface area contributed by atoms with Crippen LogP contribution >= 0.6 is 0 Å². The third kappa shape index (κ3) is 3.32. The van der Waals surface area contributed by atoms with E-state index >= 15 is 0 Å². The number of amides is 4. The van der Waals surface area contributed by atoms with Crippen molar-refractivity contribution in [3.63, 3.8) is 0 Å². The summed E-state index contributed by atoms with van der Waals surface area (Å²) in [6.07, 6.45) is 2.82. The summed E-state index contributed by atoms with van der Waals surface area (Å²) in [5.74, 6) is 0.757. The van der Waals surface area contributed by atoms with Crippen LogP contribution in [-0.2, 0) is 21.5 Å². The highest BCUT2D eigenvalue weighted by Gasteiger charge is 2.55. The van der Waals surface area contributed by atoms with Crippen LogP contribution in [0.3, 0.4) is 0 Å². The normalized spacial score (nSPS) is 23.8. The maximum atomic E-state index is 13.4. The molecule has 8 heteroatoms. The van der Waals surface area contributed by atoms with Crippen LogP contribution in [0.15, 0.2) is 42.5 Å². The first-order valence-electron chi connectivity index (χ1n) is 11.2. The van der Waals surface area contributed by atoms with Crippen molar-refractivity contribution in [3.05, 3.63) is 59.2 Å². The smallest absolute Gasteiger partial charge is 0.325 e. The molecule has 2 atom stereocenters. The molecule has 2 saturated heterocycles. The topological polar surface area (TPSA) is 88.2 Å². The minimum atomic E-state index is -1.06. The summed E-state index contributed by atoms with van der Waals surface area (Å²) in [7, 11) is 3.19. The molecule has 0 aromatic heterocycles. The molecule has 3 aliphatic rings. The molecule has 2 aromatic rings. The van der Waals surface area contributed by atoms with Gasteiger partial charge in [-0.05, 0) is 55.0 Å². The van der Waals surface area contributed by atoms with E-state index in [0.717, 1.165) is 34.4 Å². The maximum absolute atomic E-state index is 13.4. The molecule has 4 amide bonds. The average molecular weight is 450 g/mol. The SMILES string of the molecule is COc1ccc(OC)c([C@H]2CCCN2C(=O)CN2C(=O)N[C@]3(CCc4ccccc43)C2=O)c1. The molecule has 8 nitrogen and oxygen atoms in total. The van der Waals surface area contributed by atoms with Crippen molar-refractivity contribution in [1.82, 2.24) is 15.1 Å². The van der Waals surface area contributed by atoms with E-state index in [1.165, 1.54) is 0 Å². The van der Waals surface area contributed by atoms with Crippen LogP contribution in [0, 0.1) is 0 Å². The second kappa shape index (κ2) is 8.10. The number of imide groups is 1. The van der Waals surface area contributed by atoms with E-state index in [0.29, 0.717) is 30.9 Å². The van der Waals surface area contributed by atoms with E-state index in [2.05, 4.69) is 5.32 Å². The number of benzene rings is 2. The minimum Gasteiger partial charge on any atom is -0.497 e. The molecule has 5 rings (SSSR count). The zero-order valence-corrected chi connectivity index (χ0v) is 18.8. The Balaban J connectivity index is 1.38. The minimum absolute atomic E-state index is 0.204. The summed E-state index contributed by atoms with van der Waals surface area (Å²) in [6, 6.07) is 12.5. The largest absolute Gasteiger partial charge is 0.497 e. The van der Waals surface area contributed by atoms with Gasteiger partial charge in [0.05, 0.1) is 20.3 Å². The number of hydrogen-bond acceptors (Lipinski definition) is 5. The number of nitrogens with one attached hydrogen (secondary N) is 1. The maximum Gasteiger partial charge on any atom is 0.325 e. The molecule has 1 aliphatic carbocycles. The first-order chi connectivity index (χ1) is 16.0. The number of aryl methyl sites for hydroxylation is 1. The van der Waals surface area contributed by atoms with Crippen LogP contribution in [0.2, 0.25) is 0 Å². The summed E-state index contributed by atoms with van der Waals surface area (Å²) >= 11 is 0. The summed E-state index contributed by atoms with van der Waals surface area (Å²) in [6.45, 7) is 0.277. The molecule has 1 spiro atoms. The van der Waals surface area contributed by atoms with Crippen molar-refractivity contribution in [2.45, 2.75) is 37.3 Å². The van der Waals surface area contributed by atoms with Crippen LogP contribution in [0.1, 0.15) is 42.0 Å². The van der Waals surface area contributed by atoms with Crippen molar-refractivity contribution in [2.24, 2.45) is 0 Å². The number of methoxy groups -OCH3 is 2. The second-order valence-electron chi connectivity index (χ2n) is 8.74. The summed E-state index contributed by atoms with van der Waals surface area (Å²) in [4.78, 5) is 42.4. The molecule has 0 radical (unpaired) electrons. The van der Waals surface area contributed by atoms with E-state index in [-0.39, 0.29) is 24.4 Å². The summed E-state index contributed by atoms with van der Waals surface area (Å²) < 4.78 is 10.9. The monoisotopic (exact) mass is 449 g/mol. The Morgan fingerprint density at radius 3 is 2.76 bits per heavy atom. The lowest BCUT2D eigenvalue weighted by molar-refractivity contribution is -0.139. The van der Waals surface area contributed by atoms with Crippen molar-refractivity contribution < 1.29 is 23.9 Å². The van der Waals surface area contributed by atoms with Crippen LogP contribution < -0.4 is 14.8 Å². The number of hydrogen-bond donors (Lipinski definition) is 1. The van der Waals surface area contributed by atoms with Crippen LogP contribution in [0.25, 0.3) is 0 Å². The van der Waals surface area contributed by atoms with Gasteiger partial charge in [0.25, 0.3) is 5.91 Å². The van der Waals surface area contributed by atoms with Crippen LogP contribution in [0.4, 0.5) is 4.79 Å². The lowest BCUT2D eigenvalue weighted by atomic mass is 9.92. The van der Waals surface area contributed by atoms with Crippen molar-refractivity contribution in [1.29, 1.82) is 0 Å². The van der Waals surface area contributed by atoms with Gasteiger partial charge in [0, 0.05) is 12.1 Å². The molecular formula is C25H27N3O5. The molecule has 0 bridgehead atoms. The van der Waals surface area contributed by atoms with E-state index in [1.54, 1.807) is 19.1 Å². The molecule has 172 valence electrons. The molecule has 2 fully saturated rings. The first-order valence-corrected chi connectivity index (χ1v) is 11.2. The van der Waals surface area contributed by atoms with Gasteiger partial charge >= 0.3 is 6.03 Å². The molecule has 2 heterocycles. The van der Waals surface area contributed by atoms with Crippen molar-refractivity contribution in [3.8, 4) is 11.5 Å². The quantitative estimate of drug-likeness (QED) is 0.710. The van der Waals surface area contributed by atoms with Crippen molar-refractivity contribution in [2.75, 3.05) is 27.3 Å². The van der Waals surface area contributed by atoms with E-state index in [9.17, 15) is 14.4 Å². The number of fused-ring (bicyclic) bond motifs is 2. The van der Waals surface area contributed by atoms with Gasteiger partial charge < -0.3 is 19.7 Å². The average Bonchev–Trinajstić information content (AvgIpc) is 3.53. The number of ether oxygens (including phenoxy) is 2. The molecule has 1 N–H and O–H groups in total. The summed E-state index contributed by atoms with van der Waals surface area (Å²) in [5, 5.41) is 2.89. The number of carbonyl (C=O) groups is 3. The van der Waals surface area contributed by atoms with Gasteiger partial charge in [-0.15, -0.1) is 0 Å². The molecule has 2 aromatic carbocycles. The van der Waals surface area contributed by atoms with E-state index < -0.39 is 11.6 Å². The van der Waals surface area contributed by atoms with E-state index in [4.69, 9.17) is 9.47 Å². The van der Waals surface area contributed by atoms with Crippen LogP contribution in [0.5, 0.6) is 11.5 Å². The fraction of sp³-hybridized carbons (Fsp3) is 0.400. The fourth-order valence-electron chi connectivity index (χ4n) is 5.45. The Hall–Kier alpha value is -3.55. The van der Waals surface area contributed by atoms with Gasteiger partial charge in [0.1, 0.15) is 23.6 Å². The molecule has 2 aliphatic heterocycles. The highest BCUT2D eigenvalue weighted by molar-refractivity contribution is 6.10. The fourth-order valence-corrected chi connectivity index (χ4v) is 5.45. The van der Waals surface area contributed by atoms with Crippen LogP contribution in [-0.4, -0.2) is 55.0 Å². The highest BCUT2D eigenvalue weighted by Crippen LogP contribution is 2.42. The Morgan fingerprint density at radius 2 is 1.97 bits per heavy atom. The molecule has 0 saturated carbocycles. The third-order valence-corrected chi connectivity index (χ3v) is 7.08. The lowest BCUT2D eigenvalue weighted by Crippen LogP contribution is -2.44. The number of carbonyl (C=O) groups excluding carboxylic acids is 3. The van der Waals surface area contributed by atoms with E-state index in [1.807, 2.05) is 42.5 Å². The molecule has 33 heavy (non-hydrogen) atoms. The van der Waals surface area contributed by atoms with Gasteiger partial charge in [-0.3, -0.25) is 14.5 Å².